The van der Waals surface area contributed by atoms with E-state index in [1.54, 1.807) is 41.5 Å². The molecule has 0 aliphatic carbocycles. The number of carbonyl (C=O) groups is 4. The highest BCUT2D eigenvalue weighted by atomic mass is 19.1. The van der Waals surface area contributed by atoms with Crippen LogP contribution in [0, 0.1) is 11.6 Å². The summed E-state index contributed by atoms with van der Waals surface area (Å²) in [6, 6.07) is 4.18. The molecule has 2 amide bonds. The summed E-state index contributed by atoms with van der Waals surface area (Å²) in [5.74, 6) is -3.54. The minimum Gasteiger partial charge on any atom is -0.477 e. The molecule has 2 heterocycles. The topological polar surface area (TPSA) is 186 Å². The largest absolute Gasteiger partial charge is 0.477 e. The lowest BCUT2D eigenvalue weighted by atomic mass is 10.2. The minimum atomic E-state index is -1.27. The summed E-state index contributed by atoms with van der Waals surface area (Å²) in [5, 5.41) is 21.9. The number of halogens is 2. The van der Waals surface area contributed by atoms with E-state index < -0.39 is 53.8 Å². The lowest BCUT2D eigenvalue weighted by molar-refractivity contribution is 0.00614. The van der Waals surface area contributed by atoms with Crippen LogP contribution in [0.5, 0.6) is 0 Å². The fourth-order valence-corrected chi connectivity index (χ4v) is 2.52. The zero-order valence-corrected chi connectivity index (χ0v) is 22.8. The quantitative estimate of drug-likeness (QED) is 0.217. The first-order chi connectivity index (χ1) is 18.4. The van der Waals surface area contributed by atoms with Gasteiger partial charge in [0.15, 0.2) is 6.79 Å². The highest BCUT2D eigenvalue weighted by Gasteiger charge is 2.19. The molecule has 15 heteroatoms. The standard InChI is InChI=1S/C13H17FN2O5.C12H15FN2O4/c1-13(2,3)21-12(19)15-6-10-8(14)4-5-9(16-10)11(18)20-7-17;1-12(2,3)19-11(18)14-6-9-7(13)4-5-8(15-9)10(16)17/h4-5,17H,6-7H2,1-3H3,(H,15,19);4-5H,6H2,1-3H3,(H,14,18)(H,16,17). The number of hydrogen-bond donors (Lipinski definition) is 4. The molecule has 2 aromatic heterocycles. The summed E-state index contributed by atoms with van der Waals surface area (Å²) in [6.45, 7) is 8.85. The highest BCUT2D eigenvalue weighted by Crippen LogP contribution is 2.10. The average Bonchev–Trinajstić information content (AvgIpc) is 2.81. The Bertz CT molecular complexity index is 1210. The van der Waals surface area contributed by atoms with Crippen LogP contribution in [0.15, 0.2) is 24.3 Å². The molecule has 0 aromatic carbocycles. The van der Waals surface area contributed by atoms with Crippen LogP contribution in [0.3, 0.4) is 0 Å². The number of carboxylic acids is 1. The van der Waals surface area contributed by atoms with Crippen molar-refractivity contribution in [3.8, 4) is 0 Å². The van der Waals surface area contributed by atoms with Gasteiger partial charge in [0.25, 0.3) is 0 Å². The van der Waals surface area contributed by atoms with Gasteiger partial charge in [-0.25, -0.2) is 37.9 Å². The van der Waals surface area contributed by atoms with Crippen LogP contribution in [0.25, 0.3) is 0 Å². The molecule has 0 aliphatic heterocycles. The molecule has 2 aromatic rings. The maximum Gasteiger partial charge on any atom is 0.407 e. The second-order valence-corrected chi connectivity index (χ2v) is 9.83. The predicted octanol–water partition coefficient (Wildman–Crippen LogP) is 3.30. The Morgan fingerprint density at radius 3 is 1.55 bits per heavy atom. The number of alkyl carbamates (subject to hydrolysis) is 2. The predicted molar refractivity (Wildman–Crippen MR) is 134 cm³/mol. The van der Waals surface area contributed by atoms with Crippen molar-refractivity contribution in [3.05, 3.63) is 58.7 Å². The smallest absolute Gasteiger partial charge is 0.407 e. The number of esters is 1. The van der Waals surface area contributed by atoms with Gasteiger partial charge >= 0.3 is 24.1 Å². The molecular formula is C25H32F2N4O9. The van der Waals surface area contributed by atoms with Gasteiger partial charge in [-0.1, -0.05) is 0 Å². The number of aliphatic hydroxyl groups is 1. The number of carbonyl (C=O) groups excluding carboxylic acids is 3. The van der Waals surface area contributed by atoms with E-state index in [4.69, 9.17) is 19.7 Å². The lowest BCUT2D eigenvalue weighted by Gasteiger charge is -2.19. The monoisotopic (exact) mass is 570 g/mol. The molecule has 40 heavy (non-hydrogen) atoms. The fourth-order valence-electron chi connectivity index (χ4n) is 2.52. The Balaban J connectivity index is 0.000000402. The van der Waals surface area contributed by atoms with E-state index in [1.165, 1.54) is 0 Å². The minimum absolute atomic E-state index is 0.145. The van der Waals surface area contributed by atoms with Gasteiger partial charge in [-0.2, -0.15) is 0 Å². The third kappa shape index (κ3) is 12.9. The molecule has 0 bridgehead atoms. The van der Waals surface area contributed by atoms with E-state index in [9.17, 15) is 28.0 Å². The molecule has 0 fully saturated rings. The van der Waals surface area contributed by atoms with Crippen molar-refractivity contribution in [2.24, 2.45) is 0 Å². The Hall–Kier alpha value is -4.40. The third-order valence-electron chi connectivity index (χ3n) is 4.06. The molecule has 0 atom stereocenters. The maximum absolute atomic E-state index is 13.6. The Labute approximate surface area is 228 Å². The number of nitrogens with one attached hydrogen (secondary N) is 2. The zero-order valence-electron chi connectivity index (χ0n) is 22.8. The van der Waals surface area contributed by atoms with Crippen molar-refractivity contribution in [2.75, 3.05) is 6.79 Å². The molecule has 0 radical (unpaired) electrons. The average molecular weight is 571 g/mol. The van der Waals surface area contributed by atoms with Gasteiger partial charge in [0.1, 0.15) is 34.2 Å². The molecule has 4 N–H and O–H groups in total. The van der Waals surface area contributed by atoms with Crippen LogP contribution in [-0.4, -0.2) is 62.3 Å². The zero-order chi connectivity index (χ0) is 30.7. The van der Waals surface area contributed by atoms with E-state index in [1.807, 2.05) is 0 Å². The number of aromatic carboxylic acids is 1. The number of aliphatic hydroxyl groups excluding tert-OH is 1. The maximum atomic E-state index is 13.6. The van der Waals surface area contributed by atoms with Crippen molar-refractivity contribution in [1.29, 1.82) is 0 Å². The first-order valence-electron chi connectivity index (χ1n) is 11.7. The molecule has 0 saturated heterocycles. The van der Waals surface area contributed by atoms with E-state index in [0.29, 0.717) is 0 Å². The van der Waals surface area contributed by atoms with E-state index >= 15 is 0 Å². The number of pyridine rings is 2. The number of aromatic nitrogens is 2. The van der Waals surface area contributed by atoms with E-state index in [-0.39, 0.29) is 35.9 Å². The van der Waals surface area contributed by atoms with Crippen molar-refractivity contribution in [2.45, 2.75) is 65.8 Å². The molecule has 0 spiro atoms. The first kappa shape index (κ1) is 33.6. The molecule has 0 aliphatic rings. The van der Waals surface area contributed by atoms with E-state index in [0.717, 1.165) is 24.3 Å². The SMILES string of the molecule is CC(C)(C)OC(=O)NCc1nc(C(=O)O)ccc1F.CC(C)(C)OC(=O)NCc1nc(C(=O)OCO)ccc1F. The third-order valence-corrected chi connectivity index (χ3v) is 4.06. The number of ether oxygens (including phenoxy) is 3. The van der Waals surface area contributed by atoms with Crippen molar-refractivity contribution >= 4 is 24.1 Å². The summed E-state index contributed by atoms with van der Waals surface area (Å²) in [6.07, 6.45) is -1.46. The molecule has 220 valence electrons. The number of hydrogen-bond acceptors (Lipinski definition) is 10. The molecule has 13 nitrogen and oxygen atoms in total. The second kappa shape index (κ2) is 14.7. The van der Waals surface area contributed by atoms with Crippen molar-refractivity contribution < 1.29 is 52.4 Å². The molecule has 0 saturated carbocycles. The molecule has 0 unspecified atom stereocenters. The Morgan fingerprint density at radius 2 is 1.18 bits per heavy atom. The van der Waals surface area contributed by atoms with Crippen LogP contribution in [-0.2, 0) is 27.3 Å². The van der Waals surface area contributed by atoms with Crippen molar-refractivity contribution in [3.63, 3.8) is 0 Å². The number of carboxylic acid groups (broad SMARTS) is 1. The summed E-state index contributed by atoms with van der Waals surface area (Å²) >= 11 is 0. The van der Waals surface area contributed by atoms with Crippen LogP contribution in [0.4, 0.5) is 18.4 Å². The highest BCUT2D eigenvalue weighted by molar-refractivity contribution is 5.87. The molecular weight excluding hydrogens is 538 g/mol. The lowest BCUT2D eigenvalue weighted by Crippen LogP contribution is -2.32. The van der Waals surface area contributed by atoms with Gasteiger partial charge in [0.2, 0.25) is 0 Å². The van der Waals surface area contributed by atoms with Gasteiger partial charge in [-0.15, -0.1) is 0 Å². The Morgan fingerprint density at radius 1 is 0.775 bits per heavy atom. The number of rotatable bonds is 7. The van der Waals surface area contributed by atoms with Crippen molar-refractivity contribution in [1.82, 2.24) is 20.6 Å². The second-order valence-electron chi connectivity index (χ2n) is 9.83. The summed E-state index contributed by atoms with van der Waals surface area (Å²) < 4.78 is 41.2. The van der Waals surface area contributed by atoms with Gasteiger partial charge in [-0.05, 0) is 65.8 Å². The van der Waals surface area contributed by atoms with E-state index in [2.05, 4.69) is 25.3 Å². The molecule has 2 rings (SSSR count). The normalized spacial score (nSPS) is 10.9. The van der Waals surface area contributed by atoms with Gasteiger partial charge < -0.3 is 35.1 Å². The van der Waals surface area contributed by atoms with Crippen LogP contribution >= 0.6 is 0 Å². The summed E-state index contributed by atoms with van der Waals surface area (Å²) in [4.78, 5) is 52.2. The first-order valence-corrected chi connectivity index (χ1v) is 11.7. The van der Waals surface area contributed by atoms with Crippen LogP contribution in [0.2, 0.25) is 0 Å². The van der Waals surface area contributed by atoms with Gasteiger partial charge in [-0.3, -0.25) is 0 Å². The number of nitrogens with zero attached hydrogens (tertiary/aromatic N) is 2. The Kier molecular flexibility index (Phi) is 12.3. The van der Waals surface area contributed by atoms with Crippen LogP contribution in [0.1, 0.15) is 73.9 Å². The summed E-state index contributed by atoms with van der Waals surface area (Å²) in [5.41, 5.74) is -2.12. The van der Waals surface area contributed by atoms with Crippen LogP contribution < -0.4 is 10.6 Å². The van der Waals surface area contributed by atoms with Gasteiger partial charge in [0.05, 0.1) is 24.5 Å². The van der Waals surface area contributed by atoms with Gasteiger partial charge in [0, 0.05) is 0 Å². The number of amides is 2. The fraction of sp³-hybridized carbons (Fsp3) is 0.440. The summed E-state index contributed by atoms with van der Waals surface area (Å²) in [7, 11) is 0.